The van der Waals surface area contributed by atoms with Crippen LogP contribution in [0.2, 0.25) is 0 Å². The van der Waals surface area contributed by atoms with Crippen molar-refractivity contribution in [2.45, 2.75) is 5.92 Å². The van der Waals surface area contributed by atoms with Crippen molar-refractivity contribution in [1.82, 2.24) is 0 Å². The molecule has 1 unspecified atom stereocenters. The number of carbonyl (C=O) groups excluding carboxylic acids is 1. The van der Waals surface area contributed by atoms with Gasteiger partial charge in [0.25, 0.3) is 0 Å². The van der Waals surface area contributed by atoms with E-state index in [-0.39, 0.29) is 25.3 Å². The summed E-state index contributed by atoms with van der Waals surface area (Å²) in [5, 5.41) is 3.33. The zero-order valence-corrected chi connectivity index (χ0v) is 15.6. The maximum atomic E-state index is 12.6. The highest BCUT2D eigenvalue weighted by Crippen LogP contribution is 2.51. The van der Waals surface area contributed by atoms with E-state index in [1.165, 1.54) is 0 Å². The number of ether oxygens (including phenoxy) is 6. The molecule has 0 aliphatic carbocycles. The van der Waals surface area contributed by atoms with Crippen molar-refractivity contribution in [2.75, 3.05) is 39.0 Å². The van der Waals surface area contributed by atoms with Crippen LogP contribution in [-0.2, 0) is 9.53 Å². The van der Waals surface area contributed by atoms with E-state index in [2.05, 4.69) is 5.32 Å². The van der Waals surface area contributed by atoms with Crippen LogP contribution in [-0.4, -0.2) is 39.7 Å². The minimum atomic E-state index is -0.365. The Hall–Kier alpha value is -3.55. The maximum absolute atomic E-state index is 12.6. The highest BCUT2D eigenvalue weighted by Gasteiger charge is 2.40. The second-order valence-corrected chi connectivity index (χ2v) is 7.07. The topological polar surface area (TPSA) is 84.5 Å². The average molecular weight is 395 g/mol. The third kappa shape index (κ3) is 2.35. The fourth-order valence-electron chi connectivity index (χ4n) is 4.24. The van der Waals surface area contributed by atoms with Crippen LogP contribution in [0.5, 0.6) is 28.7 Å². The molecule has 6 rings (SSSR count). The lowest BCUT2D eigenvalue weighted by molar-refractivity contribution is -0.136. The van der Waals surface area contributed by atoms with Gasteiger partial charge in [-0.05, 0) is 29.3 Å². The van der Waals surface area contributed by atoms with Crippen LogP contribution < -0.4 is 29.0 Å². The minimum Gasteiger partial charge on any atom is -0.493 e. The number of esters is 1. The van der Waals surface area contributed by atoms with Gasteiger partial charge in [-0.3, -0.25) is 0 Å². The molecule has 8 nitrogen and oxygen atoms in total. The molecule has 29 heavy (non-hydrogen) atoms. The van der Waals surface area contributed by atoms with Gasteiger partial charge >= 0.3 is 5.97 Å². The first-order chi connectivity index (χ1) is 14.2. The highest BCUT2D eigenvalue weighted by atomic mass is 16.7. The Morgan fingerprint density at radius 3 is 2.62 bits per heavy atom. The number of anilines is 1. The van der Waals surface area contributed by atoms with Gasteiger partial charge in [0.1, 0.15) is 19.8 Å². The molecule has 0 bridgehead atoms. The number of fused-ring (bicyclic) bond motifs is 3. The first kappa shape index (κ1) is 16.4. The molecule has 4 heterocycles. The van der Waals surface area contributed by atoms with Crippen LogP contribution in [0.25, 0.3) is 0 Å². The molecule has 4 aliphatic heterocycles. The lowest BCUT2D eigenvalue weighted by Crippen LogP contribution is -2.22. The molecule has 0 aromatic heterocycles. The number of rotatable bonds is 2. The summed E-state index contributed by atoms with van der Waals surface area (Å²) < 4.78 is 33.4. The third-order valence-corrected chi connectivity index (χ3v) is 5.51. The maximum Gasteiger partial charge on any atom is 0.337 e. The van der Waals surface area contributed by atoms with E-state index in [9.17, 15) is 4.79 Å². The minimum absolute atomic E-state index is 0.132. The molecule has 8 heteroatoms. The molecule has 0 spiro atoms. The number of nitrogens with one attached hydrogen (secondary N) is 1. The van der Waals surface area contributed by atoms with Gasteiger partial charge in [-0.15, -0.1) is 0 Å². The van der Waals surface area contributed by atoms with E-state index in [0.29, 0.717) is 47.5 Å². The number of hydrogen-bond acceptors (Lipinski definition) is 8. The highest BCUT2D eigenvalue weighted by molar-refractivity contribution is 5.97. The fourth-order valence-corrected chi connectivity index (χ4v) is 4.24. The Morgan fingerprint density at radius 2 is 1.79 bits per heavy atom. The van der Waals surface area contributed by atoms with Gasteiger partial charge < -0.3 is 33.7 Å². The standard InChI is InChI=1S/C21H17NO7/c1-24-16-4-10(5-17-20(16)29-9-28-17)18-11-6-14-15(26-3-2-25-14)7-12(11)22-13-8-27-21(23)19(13)18/h4-7,18,22H,2-3,8-9H2,1H3. The van der Waals surface area contributed by atoms with Crippen molar-refractivity contribution in [1.29, 1.82) is 0 Å². The zero-order chi connectivity index (χ0) is 19.5. The van der Waals surface area contributed by atoms with Crippen LogP contribution in [0.4, 0.5) is 5.69 Å². The van der Waals surface area contributed by atoms with E-state index < -0.39 is 0 Å². The van der Waals surface area contributed by atoms with Crippen LogP contribution >= 0.6 is 0 Å². The van der Waals surface area contributed by atoms with Gasteiger partial charge in [0.05, 0.1) is 18.4 Å². The van der Waals surface area contributed by atoms with Crippen LogP contribution in [0.3, 0.4) is 0 Å². The number of methoxy groups -OCH3 is 1. The molecule has 2 aromatic carbocycles. The molecular formula is C21H17NO7. The Morgan fingerprint density at radius 1 is 0.966 bits per heavy atom. The summed E-state index contributed by atoms with van der Waals surface area (Å²) in [5.41, 5.74) is 3.92. The molecular weight excluding hydrogens is 378 g/mol. The molecule has 0 amide bonds. The van der Waals surface area contributed by atoms with E-state index in [1.807, 2.05) is 24.3 Å². The molecule has 148 valence electrons. The van der Waals surface area contributed by atoms with E-state index >= 15 is 0 Å². The normalized spacial score (nSPS) is 20.6. The van der Waals surface area contributed by atoms with Gasteiger partial charge in [-0.25, -0.2) is 4.79 Å². The Kier molecular flexibility index (Phi) is 3.38. The number of hydrogen-bond donors (Lipinski definition) is 1. The van der Waals surface area contributed by atoms with Crippen molar-refractivity contribution in [3.8, 4) is 28.7 Å². The molecule has 4 aliphatic rings. The molecule has 0 radical (unpaired) electrons. The first-order valence-electron chi connectivity index (χ1n) is 9.31. The van der Waals surface area contributed by atoms with Crippen molar-refractivity contribution < 1.29 is 33.2 Å². The van der Waals surface area contributed by atoms with Crippen molar-refractivity contribution in [3.63, 3.8) is 0 Å². The van der Waals surface area contributed by atoms with Crippen molar-refractivity contribution in [2.24, 2.45) is 0 Å². The smallest absolute Gasteiger partial charge is 0.337 e. The monoisotopic (exact) mass is 395 g/mol. The van der Waals surface area contributed by atoms with Gasteiger partial charge in [0.2, 0.25) is 12.5 Å². The Labute approximate surface area is 165 Å². The van der Waals surface area contributed by atoms with E-state index in [1.54, 1.807) is 7.11 Å². The van der Waals surface area contributed by atoms with Crippen LogP contribution in [0, 0.1) is 0 Å². The van der Waals surface area contributed by atoms with Gasteiger partial charge in [-0.1, -0.05) is 0 Å². The second kappa shape index (κ2) is 5.97. The second-order valence-electron chi connectivity index (χ2n) is 7.07. The number of carbonyl (C=O) groups is 1. The fraction of sp³-hybridized carbons (Fsp3) is 0.286. The quantitative estimate of drug-likeness (QED) is 0.777. The molecule has 0 fully saturated rings. The summed E-state index contributed by atoms with van der Waals surface area (Å²) in [6, 6.07) is 7.60. The molecule has 1 atom stereocenters. The largest absolute Gasteiger partial charge is 0.493 e. The van der Waals surface area contributed by atoms with Crippen molar-refractivity contribution in [3.05, 3.63) is 46.7 Å². The molecule has 0 saturated heterocycles. The summed E-state index contributed by atoms with van der Waals surface area (Å²) in [4.78, 5) is 12.6. The predicted molar refractivity (Wildman–Crippen MR) is 100.0 cm³/mol. The zero-order valence-electron chi connectivity index (χ0n) is 15.6. The Balaban J connectivity index is 1.57. The third-order valence-electron chi connectivity index (χ3n) is 5.51. The molecule has 1 N–H and O–H groups in total. The van der Waals surface area contributed by atoms with E-state index in [4.69, 9.17) is 28.4 Å². The molecule has 2 aromatic rings. The number of cyclic esters (lactones) is 1. The summed E-state index contributed by atoms with van der Waals surface area (Å²) in [5.74, 6) is 2.34. The average Bonchev–Trinajstić information content (AvgIpc) is 3.36. The Bertz CT molecular complexity index is 1090. The SMILES string of the molecule is COc1cc(C2C3=C(COC3=O)Nc3cc4c(cc32)OCCO4)cc2c1OCO2. The van der Waals surface area contributed by atoms with Gasteiger partial charge in [0, 0.05) is 17.7 Å². The summed E-state index contributed by atoms with van der Waals surface area (Å²) in [6.45, 7) is 1.33. The van der Waals surface area contributed by atoms with Crippen LogP contribution in [0.1, 0.15) is 17.0 Å². The summed E-state index contributed by atoms with van der Waals surface area (Å²) >= 11 is 0. The van der Waals surface area contributed by atoms with Gasteiger partial charge in [-0.2, -0.15) is 0 Å². The number of benzene rings is 2. The lowest BCUT2D eigenvalue weighted by atomic mass is 9.80. The van der Waals surface area contributed by atoms with E-state index in [0.717, 1.165) is 22.5 Å². The van der Waals surface area contributed by atoms with Gasteiger partial charge in [0.15, 0.2) is 23.0 Å². The summed E-state index contributed by atoms with van der Waals surface area (Å²) in [6.07, 6.45) is 0. The van der Waals surface area contributed by atoms with Crippen molar-refractivity contribution >= 4 is 11.7 Å². The molecule has 0 saturated carbocycles. The lowest BCUT2D eigenvalue weighted by Gasteiger charge is -2.30. The first-order valence-corrected chi connectivity index (χ1v) is 9.31. The predicted octanol–water partition coefficient (Wildman–Crippen LogP) is 2.56. The van der Waals surface area contributed by atoms with Crippen LogP contribution in [0.15, 0.2) is 35.5 Å². The summed E-state index contributed by atoms with van der Waals surface area (Å²) in [7, 11) is 1.58.